The molecule has 0 bridgehead atoms. The molecule has 31 heavy (non-hydrogen) atoms. The van der Waals surface area contributed by atoms with E-state index in [1.54, 1.807) is 29.3 Å². The molecule has 4 heterocycles. The monoisotopic (exact) mass is 437 g/mol. The molecule has 2 aliphatic heterocycles. The number of fused-ring (bicyclic) bond motifs is 1. The average Bonchev–Trinajstić information content (AvgIpc) is 3.21. The van der Waals surface area contributed by atoms with Crippen molar-refractivity contribution in [1.82, 2.24) is 19.7 Å². The summed E-state index contributed by atoms with van der Waals surface area (Å²) >= 11 is 0. The highest BCUT2D eigenvalue weighted by molar-refractivity contribution is 5.78. The fourth-order valence-corrected chi connectivity index (χ4v) is 4.25. The summed E-state index contributed by atoms with van der Waals surface area (Å²) in [5.41, 5.74) is 0.596. The molecule has 4 rings (SSSR count). The van der Waals surface area contributed by atoms with Gasteiger partial charge in [-0.1, -0.05) is 6.92 Å². The SMILES string of the molecule is CC[C@@H]1C[C@H](C(F)(F)F)n2nc(C3CCCN(C(=O)COc4cccnc4)C3)cc2N1. The van der Waals surface area contributed by atoms with Crippen LogP contribution in [0.5, 0.6) is 5.75 Å². The summed E-state index contributed by atoms with van der Waals surface area (Å²) in [5.74, 6) is 0.652. The van der Waals surface area contributed by atoms with Gasteiger partial charge in [0, 0.05) is 37.3 Å². The number of amides is 1. The van der Waals surface area contributed by atoms with Gasteiger partial charge in [0.2, 0.25) is 0 Å². The highest BCUT2D eigenvalue weighted by Crippen LogP contribution is 2.41. The molecule has 1 unspecified atom stereocenters. The molecule has 1 N–H and O–H groups in total. The zero-order valence-electron chi connectivity index (χ0n) is 17.3. The van der Waals surface area contributed by atoms with Crippen LogP contribution in [0.3, 0.4) is 0 Å². The van der Waals surface area contributed by atoms with Crippen molar-refractivity contribution in [3.05, 3.63) is 36.3 Å². The molecule has 7 nitrogen and oxygen atoms in total. The number of rotatable bonds is 5. The van der Waals surface area contributed by atoms with Crippen molar-refractivity contribution in [1.29, 1.82) is 0 Å². The van der Waals surface area contributed by atoms with Crippen molar-refractivity contribution in [2.75, 3.05) is 25.0 Å². The van der Waals surface area contributed by atoms with Gasteiger partial charge in [-0.25, -0.2) is 4.68 Å². The van der Waals surface area contributed by atoms with Crippen LogP contribution in [0.15, 0.2) is 30.6 Å². The second-order valence-electron chi connectivity index (χ2n) is 8.10. The number of alkyl halides is 3. The largest absolute Gasteiger partial charge is 0.482 e. The molecule has 0 aliphatic carbocycles. The number of likely N-dealkylation sites (tertiary alicyclic amines) is 1. The predicted molar refractivity (Wildman–Crippen MR) is 108 cm³/mol. The van der Waals surface area contributed by atoms with Crippen LogP contribution in [0.25, 0.3) is 0 Å². The number of anilines is 1. The van der Waals surface area contributed by atoms with Gasteiger partial charge in [-0.15, -0.1) is 0 Å². The average molecular weight is 437 g/mol. The fraction of sp³-hybridized carbons (Fsp3) is 0.571. The van der Waals surface area contributed by atoms with E-state index in [1.165, 1.54) is 6.20 Å². The number of pyridine rings is 1. The lowest BCUT2D eigenvalue weighted by molar-refractivity contribution is -0.173. The van der Waals surface area contributed by atoms with Gasteiger partial charge < -0.3 is 15.0 Å². The minimum absolute atomic E-state index is 0.0327. The van der Waals surface area contributed by atoms with Gasteiger partial charge in [0.05, 0.1) is 11.9 Å². The van der Waals surface area contributed by atoms with E-state index >= 15 is 0 Å². The molecule has 10 heteroatoms. The highest BCUT2D eigenvalue weighted by Gasteiger charge is 2.46. The Labute approximate surface area is 178 Å². The maximum Gasteiger partial charge on any atom is 0.410 e. The van der Waals surface area contributed by atoms with Crippen molar-refractivity contribution >= 4 is 11.7 Å². The molecule has 0 aromatic carbocycles. The smallest absolute Gasteiger partial charge is 0.410 e. The molecule has 0 radical (unpaired) electrons. The van der Waals surface area contributed by atoms with Gasteiger partial charge >= 0.3 is 6.18 Å². The first-order valence-corrected chi connectivity index (χ1v) is 10.6. The van der Waals surface area contributed by atoms with Gasteiger partial charge in [-0.3, -0.25) is 9.78 Å². The number of carbonyl (C=O) groups excluding carboxylic acids is 1. The zero-order valence-corrected chi connectivity index (χ0v) is 17.3. The normalized spacial score (nSPS) is 23.7. The van der Waals surface area contributed by atoms with E-state index in [9.17, 15) is 18.0 Å². The lowest BCUT2D eigenvalue weighted by Crippen LogP contribution is -2.41. The Morgan fingerprint density at radius 3 is 2.94 bits per heavy atom. The van der Waals surface area contributed by atoms with Gasteiger partial charge in [0.15, 0.2) is 12.6 Å². The lowest BCUT2D eigenvalue weighted by Gasteiger charge is -2.33. The van der Waals surface area contributed by atoms with Crippen molar-refractivity contribution in [3.8, 4) is 5.75 Å². The summed E-state index contributed by atoms with van der Waals surface area (Å²) in [7, 11) is 0. The van der Waals surface area contributed by atoms with Gasteiger partial charge in [-0.05, 0) is 37.8 Å². The van der Waals surface area contributed by atoms with Crippen molar-refractivity contribution in [3.63, 3.8) is 0 Å². The second-order valence-corrected chi connectivity index (χ2v) is 8.10. The number of ether oxygens (including phenoxy) is 1. The van der Waals surface area contributed by atoms with E-state index in [-0.39, 0.29) is 30.9 Å². The first-order valence-electron chi connectivity index (χ1n) is 10.6. The number of halogens is 3. The molecule has 1 saturated heterocycles. The number of nitrogens with zero attached hydrogens (tertiary/aromatic N) is 4. The number of carbonyl (C=O) groups is 1. The molecule has 0 spiro atoms. The van der Waals surface area contributed by atoms with Crippen LogP contribution in [0.1, 0.15) is 50.3 Å². The van der Waals surface area contributed by atoms with Crippen LogP contribution in [0.2, 0.25) is 0 Å². The number of aromatic nitrogens is 3. The number of nitrogens with one attached hydrogen (secondary N) is 1. The van der Waals surface area contributed by atoms with E-state index in [0.717, 1.165) is 17.5 Å². The summed E-state index contributed by atoms with van der Waals surface area (Å²) in [4.78, 5) is 18.2. The Bertz CT molecular complexity index is 902. The van der Waals surface area contributed by atoms with Crippen molar-refractivity contribution in [2.24, 2.45) is 0 Å². The standard InChI is InChI=1S/C21H26F3N5O2/c1-2-15-9-18(21(22,23)24)29-19(26-15)10-17(27-29)14-5-4-8-28(12-14)20(30)13-31-16-6-3-7-25-11-16/h3,6-7,10-11,14-15,18,26H,2,4-5,8-9,12-13H2,1H3/t14?,15-,18-/m1/s1. The Kier molecular flexibility index (Phi) is 6.06. The molecule has 2 aromatic rings. The summed E-state index contributed by atoms with van der Waals surface area (Å²) in [6, 6.07) is 3.30. The number of hydrogen-bond acceptors (Lipinski definition) is 5. The molecule has 2 aromatic heterocycles. The quantitative estimate of drug-likeness (QED) is 0.771. The van der Waals surface area contributed by atoms with E-state index in [4.69, 9.17) is 4.74 Å². The van der Waals surface area contributed by atoms with E-state index < -0.39 is 12.2 Å². The molecule has 0 saturated carbocycles. The van der Waals surface area contributed by atoms with Crippen LogP contribution in [0, 0.1) is 0 Å². The summed E-state index contributed by atoms with van der Waals surface area (Å²) in [6.07, 6.45) is 0.915. The highest BCUT2D eigenvalue weighted by atomic mass is 19.4. The minimum Gasteiger partial charge on any atom is -0.482 e. The summed E-state index contributed by atoms with van der Waals surface area (Å²) < 4.78 is 47.4. The minimum atomic E-state index is -4.36. The van der Waals surface area contributed by atoms with Crippen LogP contribution in [0.4, 0.5) is 19.0 Å². The van der Waals surface area contributed by atoms with E-state index in [1.807, 2.05) is 6.92 Å². The summed E-state index contributed by atoms with van der Waals surface area (Å²) in [5, 5.41) is 7.51. The van der Waals surface area contributed by atoms with Gasteiger partial charge in [0.25, 0.3) is 5.91 Å². The Hall–Kier alpha value is -2.78. The molecule has 3 atom stereocenters. The molecule has 1 amide bonds. The van der Waals surface area contributed by atoms with Gasteiger partial charge in [0.1, 0.15) is 11.6 Å². The van der Waals surface area contributed by atoms with Crippen LogP contribution in [-0.2, 0) is 4.79 Å². The number of piperidine rings is 1. The van der Waals surface area contributed by atoms with Gasteiger partial charge in [-0.2, -0.15) is 18.3 Å². The Morgan fingerprint density at radius 1 is 1.39 bits per heavy atom. The van der Waals surface area contributed by atoms with Crippen LogP contribution >= 0.6 is 0 Å². The van der Waals surface area contributed by atoms with E-state index in [0.29, 0.717) is 36.8 Å². The van der Waals surface area contributed by atoms with E-state index in [2.05, 4.69) is 15.4 Å². The Balaban J connectivity index is 1.45. The third kappa shape index (κ3) is 4.77. The van der Waals surface area contributed by atoms with Crippen molar-refractivity contribution in [2.45, 2.75) is 56.8 Å². The predicted octanol–water partition coefficient (Wildman–Crippen LogP) is 3.76. The summed E-state index contributed by atoms with van der Waals surface area (Å²) in [6.45, 7) is 2.78. The molecular weight excluding hydrogens is 411 g/mol. The maximum absolute atomic E-state index is 13.6. The zero-order chi connectivity index (χ0) is 22.0. The molecule has 168 valence electrons. The van der Waals surface area contributed by atoms with Crippen LogP contribution in [-0.4, -0.2) is 57.5 Å². The van der Waals surface area contributed by atoms with Crippen LogP contribution < -0.4 is 10.1 Å². The van der Waals surface area contributed by atoms with Crippen molar-refractivity contribution < 1.29 is 22.7 Å². The maximum atomic E-state index is 13.6. The first-order chi connectivity index (χ1) is 14.8. The number of hydrogen-bond donors (Lipinski definition) is 1. The third-order valence-corrected chi connectivity index (χ3v) is 5.97. The molecule has 2 aliphatic rings. The Morgan fingerprint density at radius 2 is 2.23 bits per heavy atom. The first kappa shape index (κ1) is 21.5. The second kappa shape index (κ2) is 8.76. The molecular formula is C21H26F3N5O2. The molecule has 1 fully saturated rings. The fourth-order valence-electron chi connectivity index (χ4n) is 4.25. The lowest BCUT2D eigenvalue weighted by atomic mass is 9.94. The topological polar surface area (TPSA) is 72.3 Å². The third-order valence-electron chi connectivity index (χ3n) is 5.97.